The normalized spacial score (nSPS) is 21.8. The average Bonchev–Trinajstić information content (AvgIpc) is 3.20. The van der Waals surface area contributed by atoms with E-state index >= 15 is 0 Å². The number of aromatic nitrogens is 1. The van der Waals surface area contributed by atoms with Gasteiger partial charge in [-0.15, -0.1) is 0 Å². The summed E-state index contributed by atoms with van der Waals surface area (Å²) in [5.74, 6) is 1.35. The summed E-state index contributed by atoms with van der Waals surface area (Å²) in [5, 5.41) is 5.07. The molecular formula is C22H28ClN3O2. The van der Waals surface area contributed by atoms with Gasteiger partial charge in [-0.2, -0.15) is 0 Å². The third-order valence-corrected chi connectivity index (χ3v) is 6.45. The van der Waals surface area contributed by atoms with Crippen LogP contribution in [0.3, 0.4) is 0 Å². The van der Waals surface area contributed by atoms with Gasteiger partial charge < -0.3 is 9.42 Å². The van der Waals surface area contributed by atoms with Gasteiger partial charge in [0.2, 0.25) is 5.76 Å². The second-order valence-electron chi connectivity index (χ2n) is 8.26. The van der Waals surface area contributed by atoms with E-state index in [9.17, 15) is 4.79 Å². The third-order valence-electron chi connectivity index (χ3n) is 6.09. The summed E-state index contributed by atoms with van der Waals surface area (Å²) in [6.07, 6.45) is 4.30. The van der Waals surface area contributed by atoms with Crippen LogP contribution in [0.2, 0.25) is 5.02 Å². The molecular weight excluding hydrogens is 374 g/mol. The van der Waals surface area contributed by atoms with Crippen LogP contribution in [0.25, 0.3) is 0 Å². The second-order valence-corrected chi connectivity index (χ2v) is 8.66. The molecule has 2 aromatic rings. The highest BCUT2D eigenvalue weighted by atomic mass is 35.5. The number of hydrogen-bond acceptors (Lipinski definition) is 4. The van der Waals surface area contributed by atoms with Crippen LogP contribution in [0.1, 0.15) is 60.3 Å². The zero-order valence-corrected chi connectivity index (χ0v) is 17.2. The number of carbonyl (C=O) groups excluding carboxylic acids is 1. The predicted octanol–water partition coefficient (Wildman–Crippen LogP) is 4.58. The molecule has 2 saturated heterocycles. The first-order valence-electron chi connectivity index (χ1n) is 10.3. The van der Waals surface area contributed by atoms with E-state index in [1.165, 1.54) is 0 Å². The summed E-state index contributed by atoms with van der Waals surface area (Å²) < 4.78 is 5.45. The Morgan fingerprint density at radius 3 is 2.79 bits per heavy atom. The van der Waals surface area contributed by atoms with E-state index in [0.29, 0.717) is 17.6 Å². The molecule has 150 valence electrons. The van der Waals surface area contributed by atoms with Crippen molar-refractivity contribution in [2.75, 3.05) is 26.2 Å². The van der Waals surface area contributed by atoms with Crippen LogP contribution >= 0.6 is 11.6 Å². The number of halogens is 1. The third kappa shape index (κ3) is 4.41. The van der Waals surface area contributed by atoms with Crippen molar-refractivity contribution in [1.82, 2.24) is 15.0 Å². The highest BCUT2D eigenvalue weighted by molar-refractivity contribution is 6.31. The van der Waals surface area contributed by atoms with E-state index in [1.807, 2.05) is 29.2 Å². The van der Waals surface area contributed by atoms with Crippen LogP contribution in [0.4, 0.5) is 0 Å². The van der Waals surface area contributed by atoms with Gasteiger partial charge in [-0.3, -0.25) is 9.69 Å². The Morgan fingerprint density at radius 2 is 2.00 bits per heavy atom. The highest BCUT2D eigenvalue weighted by Gasteiger charge is 2.28. The minimum Gasteiger partial charge on any atom is -0.351 e. The molecule has 1 aromatic carbocycles. The summed E-state index contributed by atoms with van der Waals surface area (Å²) in [6.45, 7) is 6.66. The van der Waals surface area contributed by atoms with E-state index in [0.717, 1.165) is 74.7 Å². The van der Waals surface area contributed by atoms with Crippen molar-refractivity contribution in [3.05, 3.63) is 52.4 Å². The van der Waals surface area contributed by atoms with E-state index < -0.39 is 0 Å². The maximum atomic E-state index is 12.7. The Bertz CT molecular complexity index is 814. The van der Waals surface area contributed by atoms with Crippen molar-refractivity contribution < 1.29 is 9.32 Å². The molecule has 2 fully saturated rings. The minimum absolute atomic E-state index is 0.0191. The maximum absolute atomic E-state index is 12.7. The molecule has 1 aromatic heterocycles. The van der Waals surface area contributed by atoms with Crippen molar-refractivity contribution in [2.45, 2.75) is 45.1 Å². The zero-order chi connectivity index (χ0) is 19.5. The number of amides is 1. The van der Waals surface area contributed by atoms with Gasteiger partial charge in [0.15, 0.2) is 0 Å². The molecule has 1 atom stereocenters. The lowest BCUT2D eigenvalue weighted by atomic mass is 9.94. The molecule has 0 spiro atoms. The molecule has 0 aliphatic carbocycles. The molecule has 1 amide bonds. The summed E-state index contributed by atoms with van der Waals surface area (Å²) >= 11 is 6.32. The summed E-state index contributed by atoms with van der Waals surface area (Å²) in [5.41, 5.74) is 2.05. The van der Waals surface area contributed by atoms with Crippen molar-refractivity contribution in [2.24, 2.45) is 5.92 Å². The minimum atomic E-state index is -0.0191. The first kappa shape index (κ1) is 19.5. The Hall–Kier alpha value is -1.85. The molecule has 0 bridgehead atoms. The molecule has 4 rings (SSSR count). The number of hydrogen-bond donors (Lipinski definition) is 0. The van der Waals surface area contributed by atoms with Crippen LogP contribution in [0.15, 0.2) is 34.9 Å². The van der Waals surface area contributed by atoms with E-state index in [4.69, 9.17) is 16.1 Å². The fraction of sp³-hybridized carbons (Fsp3) is 0.545. The van der Waals surface area contributed by atoms with Gasteiger partial charge in [0.05, 0.1) is 5.69 Å². The summed E-state index contributed by atoms with van der Waals surface area (Å²) in [4.78, 5) is 17.0. The standard InChI is InChI=1S/C22H28ClN3O2/c1-16-8-11-26(12-9-16)22(27)21-13-20(24-28-21)18-6-4-10-25(15-18)14-17-5-2-3-7-19(17)23/h2-3,5,7,13,16,18H,4,6,8-12,14-15H2,1H3/t18-/m1/s1. The van der Waals surface area contributed by atoms with Gasteiger partial charge in [0, 0.05) is 43.2 Å². The summed E-state index contributed by atoms with van der Waals surface area (Å²) in [7, 11) is 0. The van der Waals surface area contributed by atoms with Crippen molar-refractivity contribution in [3.8, 4) is 0 Å². The van der Waals surface area contributed by atoms with Crippen LogP contribution in [0.5, 0.6) is 0 Å². The molecule has 28 heavy (non-hydrogen) atoms. The first-order valence-corrected chi connectivity index (χ1v) is 10.7. The molecule has 0 saturated carbocycles. The van der Waals surface area contributed by atoms with Gasteiger partial charge in [-0.25, -0.2) is 0 Å². The zero-order valence-electron chi connectivity index (χ0n) is 16.4. The van der Waals surface area contributed by atoms with Crippen LogP contribution in [-0.4, -0.2) is 47.0 Å². The lowest BCUT2D eigenvalue weighted by molar-refractivity contribution is 0.0655. The van der Waals surface area contributed by atoms with Crippen LogP contribution in [0, 0.1) is 5.92 Å². The molecule has 5 nitrogen and oxygen atoms in total. The lowest BCUT2D eigenvalue weighted by Crippen LogP contribution is -2.37. The Labute approximate surface area is 171 Å². The van der Waals surface area contributed by atoms with Gasteiger partial charge in [0.25, 0.3) is 5.91 Å². The first-order chi connectivity index (χ1) is 13.6. The van der Waals surface area contributed by atoms with Gasteiger partial charge in [-0.05, 0) is 49.8 Å². The average molecular weight is 402 g/mol. The predicted molar refractivity (Wildman–Crippen MR) is 110 cm³/mol. The smallest absolute Gasteiger partial charge is 0.292 e. The van der Waals surface area contributed by atoms with E-state index in [2.05, 4.69) is 23.0 Å². The number of nitrogens with zero attached hydrogens (tertiary/aromatic N) is 3. The molecule has 0 unspecified atom stereocenters. The quantitative estimate of drug-likeness (QED) is 0.752. The highest BCUT2D eigenvalue weighted by Crippen LogP contribution is 2.29. The Balaban J connectivity index is 1.39. The molecule has 0 N–H and O–H groups in total. The van der Waals surface area contributed by atoms with Crippen molar-refractivity contribution in [3.63, 3.8) is 0 Å². The lowest BCUT2D eigenvalue weighted by Gasteiger charge is -2.32. The second kappa shape index (κ2) is 8.66. The molecule has 6 heteroatoms. The number of benzene rings is 1. The largest absolute Gasteiger partial charge is 0.351 e. The van der Waals surface area contributed by atoms with E-state index in [-0.39, 0.29) is 5.91 Å². The van der Waals surface area contributed by atoms with Gasteiger partial charge in [0.1, 0.15) is 0 Å². The topological polar surface area (TPSA) is 49.6 Å². The number of rotatable bonds is 4. The fourth-order valence-electron chi connectivity index (χ4n) is 4.26. The van der Waals surface area contributed by atoms with Crippen LogP contribution < -0.4 is 0 Å². The fourth-order valence-corrected chi connectivity index (χ4v) is 4.45. The van der Waals surface area contributed by atoms with E-state index in [1.54, 1.807) is 0 Å². The van der Waals surface area contributed by atoms with Crippen molar-refractivity contribution >= 4 is 17.5 Å². The SMILES string of the molecule is CC1CCN(C(=O)c2cc([C@@H]3CCCN(Cc4ccccc4Cl)C3)no2)CC1. The number of likely N-dealkylation sites (tertiary alicyclic amines) is 2. The summed E-state index contributed by atoms with van der Waals surface area (Å²) in [6, 6.07) is 9.87. The molecule has 3 heterocycles. The van der Waals surface area contributed by atoms with Gasteiger partial charge >= 0.3 is 0 Å². The van der Waals surface area contributed by atoms with Crippen molar-refractivity contribution in [1.29, 1.82) is 0 Å². The Kier molecular flexibility index (Phi) is 6.02. The number of carbonyl (C=O) groups is 1. The Morgan fingerprint density at radius 1 is 1.21 bits per heavy atom. The maximum Gasteiger partial charge on any atom is 0.292 e. The monoisotopic (exact) mass is 401 g/mol. The van der Waals surface area contributed by atoms with Crippen LogP contribution in [-0.2, 0) is 6.54 Å². The number of piperidine rings is 2. The molecule has 2 aliphatic heterocycles. The van der Waals surface area contributed by atoms with Gasteiger partial charge in [-0.1, -0.05) is 41.9 Å². The molecule has 0 radical (unpaired) electrons. The molecule has 2 aliphatic rings.